The van der Waals surface area contributed by atoms with Crippen LogP contribution in [0.3, 0.4) is 0 Å². The summed E-state index contributed by atoms with van der Waals surface area (Å²) >= 11 is 0. The van der Waals surface area contributed by atoms with Gasteiger partial charge in [-0.1, -0.05) is 6.92 Å². The van der Waals surface area contributed by atoms with Crippen molar-refractivity contribution in [2.45, 2.75) is 46.1 Å². The zero-order valence-electron chi connectivity index (χ0n) is 8.85. The lowest BCUT2D eigenvalue weighted by Gasteiger charge is -2.50. The lowest BCUT2D eigenvalue weighted by atomic mass is 9.81. The normalized spacial score (nSPS) is 30.0. The first kappa shape index (κ1) is 8.55. The Labute approximate surface area is 76.1 Å². The lowest BCUT2D eigenvalue weighted by molar-refractivity contribution is -0.0163. The average molecular weight is 167 g/mol. The maximum Gasteiger partial charge on any atom is 0.0125 e. The van der Waals surface area contributed by atoms with Gasteiger partial charge in [-0.05, 0) is 44.9 Å². The third kappa shape index (κ3) is 1.28. The molecule has 2 fully saturated rings. The molecule has 2 rings (SSSR count). The van der Waals surface area contributed by atoms with Gasteiger partial charge in [-0.25, -0.2) is 0 Å². The first-order valence-corrected chi connectivity index (χ1v) is 5.17. The molecule has 0 unspecified atom stereocenters. The van der Waals surface area contributed by atoms with Gasteiger partial charge >= 0.3 is 0 Å². The molecule has 0 aromatic carbocycles. The third-order valence-corrected chi connectivity index (χ3v) is 3.85. The predicted octanol–water partition coefficient (Wildman–Crippen LogP) is 2.52. The van der Waals surface area contributed by atoms with Gasteiger partial charge in [-0.3, -0.25) is 4.90 Å². The van der Waals surface area contributed by atoms with E-state index in [9.17, 15) is 0 Å². The molecule has 1 saturated heterocycles. The third-order valence-electron chi connectivity index (χ3n) is 3.85. The van der Waals surface area contributed by atoms with Crippen LogP contribution in [0.25, 0.3) is 0 Å². The maximum atomic E-state index is 2.60. The van der Waals surface area contributed by atoms with Gasteiger partial charge in [0.2, 0.25) is 0 Å². The Morgan fingerprint density at radius 3 is 2.00 bits per heavy atom. The summed E-state index contributed by atoms with van der Waals surface area (Å²) in [6.07, 6.45) is 2.96. The van der Waals surface area contributed by atoms with E-state index in [-0.39, 0.29) is 0 Å². The Hall–Kier alpha value is -0.0400. The van der Waals surface area contributed by atoms with Crippen LogP contribution in [0.4, 0.5) is 0 Å². The summed E-state index contributed by atoms with van der Waals surface area (Å²) in [7, 11) is 0. The molecular formula is C11H21N. The van der Waals surface area contributed by atoms with Crippen molar-refractivity contribution in [3.8, 4) is 0 Å². The fraction of sp³-hybridized carbons (Fsp3) is 1.00. The zero-order valence-corrected chi connectivity index (χ0v) is 8.85. The standard InChI is InChI=1S/C11H21N/c1-10(2,3)12-7-9(8-12)11(4)5-6-11/h9H,5-8H2,1-4H3. The van der Waals surface area contributed by atoms with Crippen molar-refractivity contribution in [3.05, 3.63) is 0 Å². The van der Waals surface area contributed by atoms with E-state index in [4.69, 9.17) is 0 Å². The molecule has 0 aromatic rings. The molecule has 1 aliphatic heterocycles. The summed E-state index contributed by atoms with van der Waals surface area (Å²) in [5.74, 6) is 1.01. The molecule has 2 aliphatic rings. The van der Waals surface area contributed by atoms with E-state index in [0.29, 0.717) is 5.54 Å². The summed E-state index contributed by atoms with van der Waals surface area (Å²) in [6.45, 7) is 12.1. The van der Waals surface area contributed by atoms with Gasteiger partial charge in [0.05, 0.1) is 0 Å². The van der Waals surface area contributed by atoms with Gasteiger partial charge < -0.3 is 0 Å². The van der Waals surface area contributed by atoms with Crippen molar-refractivity contribution in [1.29, 1.82) is 0 Å². The van der Waals surface area contributed by atoms with Crippen molar-refractivity contribution in [2.75, 3.05) is 13.1 Å². The summed E-state index contributed by atoms with van der Waals surface area (Å²) in [6, 6.07) is 0. The molecule has 0 amide bonds. The number of hydrogen-bond acceptors (Lipinski definition) is 1. The summed E-state index contributed by atoms with van der Waals surface area (Å²) < 4.78 is 0. The Morgan fingerprint density at radius 1 is 1.17 bits per heavy atom. The van der Waals surface area contributed by atoms with Crippen LogP contribution in [0.1, 0.15) is 40.5 Å². The smallest absolute Gasteiger partial charge is 0.0125 e. The molecule has 0 bridgehead atoms. The van der Waals surface area contributed by atoms with Crippen molar-refractivity contribution in [1.82, 2.24) is 4.90 Å². The van der Waals surface area contributed by atoms with E-state index in [1.54, 1.807) is 0 Å². The fourth-order valence-corrected chi connectivity index (χ4v) is 2.07. The number of nitrogens with zero attached hydrogens (tertiary/aromatic N) is 1. The molecule has 0 aromatic heterocycles. The second kappa shape index (κ2) is 2.25. The van der Waals surface area contributed by atoms with E-state index < -0.39 is 0 Å². The molecule has 0 spiro atoms. The van der Waals surface area contributed by atoms with E-state index in [1.807, 2.05) is 0 Å². The van der Waals surface area contributed by atoms with Gasteiger partial charge in [0.25, 0.3) is 0 Å². The fourth-order valence-electron chi connectivity index (χ4n) is 2.07. The molecule has 1 heterocycles. The summed E-state index contributed by atoms with van der Waals surface area (Å²) in [4.78, 5) is 2.60. The molecule has 0 atom stereocenters. The molecule has 1 heteroatoms. The van der Waals surface area contributed by atoms with Gasteiger partial charge in [0, 0.05) is 18.6 Å². The molecule has 70 valence electrons. The Bertz CT molecular complexity index is 170. The largest absolute Gasteiger partial charge is 0.298 e. The van der Waals surface area contributed by atoms with Crippen LogP contribution >= 0.6 is 0 Å². The zero-order chi connectivity index (χ0) is 8.98. The van der Waals surface area contributed by atoms with E-state index >= 15 is 0 Å². The van der Waals surface area contributed by atoms with Crippen LogP contribution in [0, 0.1) is 11.3 Å². The first-order valence-electron chi connectivity index (χ1n) is 5.17. The molecular weight excluding hydrogens is 146 g/mol. The molecule has 1 aliphatic carbocycles. The monoisotopic (exact) mass is 167 g/mol. The number of hydrogen-bond donors (Lipinski definition) is 0. The van der Waals surface area contributed by atoms with Gasteiger partial charge in [-0.2, -0.15) is 0 Å². The minimum atomic E-state index is 0.405. The Kier molecular flexibility index (Phi) is 1.61. The van der Waals surface area contributed by atoms with Crippen LogP contribution in [0.5, 0.6) is 0 Å². The van der Waals surface area contributed by atoms with E-state index in [2.05, 4.69) is 32.6 Å². The highest BCUT2D eigenvalue weighted by Gasteiger charge is 2.51. The first-order chi connectivity index (χ1) is 5.42. The molecule has 0 radical (unpaired) electrons. The summed E-state index contributed by atoms with van der Waals surface area (Å²) in [5, 5.41) is 0. The van der Waals surface area contributed by atoms with Crippen molar-refractivity contribution in [3.63, 3.8) is 0 Å². The Balaban J connectivity index is 1.84. The Morgan fingerprint density at radius 2 is 1.67 bits per heavy atom. The number of likely N-dealkylation sites (tertiary alicyclic amines) is 1. The molecule has 0 N–H and O–H groups in total. The van der Waals surface area contributed by atoms with E-state index in [0.717, 1.165) is 11.3 Å². The molecule has 1 nitrogen and oxygen atoms in total. The van der Waals surface area contributed by atoms with Crippen molar-refractivity contribution < 1.29 is 0 Å². The minimum absolute atomic E-state index is 0.405. The predicted molar refractivity (Wildman–Crippen MR) is 52.2 cm³/mol. The highest BCUT2D eigenvalue weighted by atomic mass is 15.2. The van der Waals surface area contributed by atoms with Crippen molar-refractivity contribution in [2.24, 2.45) is 11.3 Å². The van der Waals surface area contributed by atoms with Gasteiger partial charge in [-0.15, -0.1) is 0 Å². The molecule has 12 heavy (non-hydrogen) atoms. The summed E-state index contributed by atoms with van der Waals surface area (Å²) in [5.41, 5.74) is 1.16. The van der Waals surface area contributed by atoms with Crippen LogP contribution < -0.4 is 0 Å². The highest BCUT2D eigenvalue weighted by Crippen LogP contribution is 2.55. The number of rotatable bonds is 1. The molecule has 1 saturated carbocycles. The van der Waals surface area contributed by atoms with E-state index in [1.165, 1.54) is 25.9 Å². The van der Waals surface area contributed by atoms with Gasteiger partial charge in [0.15, 0.2) is 0 Å². The quantitative estimate of drug-likeness (QED) is 0.580. The SMILES string of the molecule is CC1(C2CN(C(C)(C)C)C2)CC1. The lowest BCUT2D eigenvalue weighted by Crippen LogP contribution is -2.57. The van der Waals surface area contributed by atoms with Gasteiger partial charge in [0.1, 0.15) is 0 Å². The van der Waals surface area contributed by atoms with Crippen LogP contribution in [-0.2, 0) is 0 Å². The second-order valence-corrected chi connectivity index (χ2v) is 5.93. The van der Waals surface area contributed by atoms with Crippen LogP contribution in [-0.4, -0.2) is 23.5 Å². The second-order valence-electron chi connectivity index (χ2n) is 5.93. The maximum absolute atomic E-state index is 2.60. The highest BCUT2D eigenvalue weighted by molar-refractivity contribution is 5.03. The average Bonchev–Trinajstić information content (AvgIpc) is 2.38. The topological polar surface area (TPSA) is 3.24 Å². The van der Waals surface area contributed by atoms with Crippen LogP contribution in [0.15, 0.2) is 0 Å². The van der Waals surface area contributed by atoms with Crippen molar-refractivity contribution >= 4 is 0 Å². The minimum Gasteiger partial charge on any atom is -0.298 e. The van der Waals surface area contributed by atoms with Crippen LogP contribution in [0.2, 0.25) is 0 Å².